The molecule has 0 bridgehead atoms. The van der Waals surface area contributed by atoms with E-state index in [0.29, 0.717) is 0 Å². The number of halogens is 1. The maximum absolute atomic E-state index is 2.68. The summed E-state index contributed by atoms with van der Waals surface area (Å²) in [6.45, 7) is 6.49. The van der Waals surface area contributed by atoms with Crippen molar-refractivity contribution >= 4 is 22.6 Å². The number of piperidine rings is 1. The highest BCUT2D eigenvalue weighted by atomic mass is 127. The number of rotatable bonds is 2. The van der Waals surface area contributed by atoms with Crippen molar-refractivity contribution in [2.24, 2.45) is 11.8 Å². The van der Waals surface area contributed by atoms with Gasteiger partial charge in [0.05, 0.1) is 0 Å². The third-order valence-electron chi connectivity index (χ3n) is 3.16. The fourth-order valence-electron chi connectivity index (χ4n) is 1.92. The third-order valence-corrected chi connectivity index (χ3v) is 4.79. The minimum absolute atomic E-state index is 0.898. The number of alkyl halides is 1. The van der Waals surface area contributed by atoms with Crippen molar-refractivity contribution in [3.05, 3.63) is 0 Å². The lowest BCUT2D eigenvalue weighted by atomic mass is 9.99. The summed E-state index contributed by atoms with van der Waals surface area (Å²) in [6, 6.07) is 0. The lowest BCUT2D eigenvalue weighted by Crippen LogP contribution is -2.40. The monoisotopic (exact) mass is 279 g/mol. The minimum Gasteiger partial charge on any atom is -0.302 e. The molecule has 1 saturated heterocycles. The molecular weight excluding hydrogens is 261 g/mol. The van der Waals surface area contributed by atoms with Gasteiger partial charge in [-0.2, -0.15) is 0 Å². The van der Waals surface area contributed by atoms with E-state index in [2.05, 4.69) is 34.4 Å². The van der Waals surface area contributed by atoms with Crippen molar-refractivity contribution in [1.82, 2.24) is 4.90 Å². The van der Waals surface area contributed by atoms with Crippen molar-refractivity contribution < 1.29 is 0 Å². The van der Waals surface area contributed by atoms with Gasteiger partial charge in [-0.15, -0.1) is 0 Å². The SMILES string of the molecule is C[C@@H]1CCN(CC2CC2)C[C@@H]1I. The molecule has 1 saturated carbocycles. The van der Waals surface area contributed by atoms with Gasteiger partial charge >= 0.3 is 0 Å². The van der Waals surface area contributed by atoms with Gasteiger partial charge < -0.3 is 4.90 Å². The van der Waals surface area contributed by atoms with Crippen LogP contribution < -0.4 is 0 Å². The molecule has 0 unspecified atom stereocenters. The molecule has 2 atom stereocenters. The lowest BCUT2D eigenvalue weighted by Gasteiger charge is -2.34. The minimum atomic E-state index is 0.898. The van der Waals surface area contributed by atoms with Crippen molar-refractivity contribution in [2.45, 2.75) is 30.1 Å². The summed E-state index contributed by atoms with van der Waals surface area (Å²) in [5.74, 6) is 2.02. The molecule has 1 nitrogen and oxygen atoms in total. The summed E-state index contributed by atoms with van der Waals surface area (Å²) >= 11 is 2.62. The first-order valence-electron chi connectivity index (χ1n) is 5.12. The first-order chi connectivity index (χ1) is 5.75. The smallest absolute Gasteiger partial charge is 0.0263 e. The summed E-state index contributed by atoms with van der Waals surface area (Å²) in [7, 11) is 0. The Morgan fingerprint density at radius 1 is 1.33 bits per heavy atom. The van der Waals surface area contributed by atoms with Gasteiger partial charge in [-0.3, -0.25) is 0 Å². The van der Waals surface area contributed by atoms with Gasteiger partial charge in [0.15, 0.2) is 0 Å². The fraction of sp³-hybridized carbons (Fsp3) is 1.00. The van der Waals surface area contributed by atoms with Crippen LogP contribution >= 0.6 is 22.6 Å². The average Bonchev–Trinajstić information content (AvgIpc) is 2.81. The molecule has 2 rings (SSSR count). The van der Waals surface area contributed by atoms with Crippen molar-refractivity contribution in [3.8, 4) is 0 Å². The van der Waals surface area contributed by atoms with Crippen LogP contribution in [0.1, 0.15) is 26.2 Å². The van der Waals surface area contributed by atoms with E-state index in [-0.39, 0.29) is 0 Å². The van der Waals surface area contributed by atoms with Crippen LogP contribution in [-0.4, -0.2) is 28.5 Å². The maximum Gasteiger partial charge on any atom is 0.0263 e. The van der Waals surface area contributed by atoms with Gasteiger partial charge in [-0.05, 0) is 37.6 Å². The highest BCUT2D eigenvalue weighted by Crippen LogP contribution is 2.32. The molecule has 70 valence electrons. The normalized spacial score (nSPS) is 38.5. The summed E-state index contributed by atoms with van der Waals surface area (Å²) in [5, 5.41) is 0. The number of hydrogen-bond donors (Lipinski definition) is 0. The maximum atomic E-state index is 2.68. The molecule has 0 N–H and O–H groups in total. The van der Waals surface area contributed by atoms with E-state index in [0.717, 1.165) is 15.8 Å². The van der Waals surface area contributed by atoms with Gasteiger partial charge in [0.2, 0.25) is 0 Å². The second-order valence-corrected chi connectivity index (χ2v) is 6.08. The number of nitrogens with zero attached hydrogens (tertiary/aromatic N) is 1. The quantitative estimate of drug-likeness (QED) is 0.554. The first kappa shape index (κ1) is 9.25. The standard InChI is InChI=1S/C10H18IN/c1-8-4-5-12(7-10(8)11)6-9-2-3-9/h8-10H,2-7H2,1H3/t8-,10+/m1/s1. The molecule has 0 spiro atoms. The number of likely N-dealkylation sites (tertiary alicyclic amines) is 1. The van der Waals surface area contributed by atoms with Gasteiger partial charge in [-0.25, -0.2) is 0 Å². The van der Waals surface area contributed by atoms with E-state index in [1.165, 1.54) is 38.9 Å². The molecule has 0 aromatic heterocycles. The molecule has 0 radical (unpaired) electrons. The average molecular weight is 279 g/mol. The molecular formula is C10H18IN. The molecule has 0 aromatic carbocycles. The zero-order valence-electron chi connectivity index (χ0n) is 7.80. The molecule has 2 fully saturated rings. The molecule has 0 amide bonds. The van der Waals surface area contributed by atoms with Crippen molar-refractivity contribution in [3.63, 3.8) is 0 Å². The van der Waals surface area contributed by atoms with Gasteiger partial charge in [0.1, 0.15) is 0 Å². The molecule has 1 heterocycles. The van der Waals surface area contributed by atoms with Crippen LogP contribution in [-0.2, 0) is 0 Å². The molecule has 1 aliphatic carbocycles. The van der Waals surface area contributed by atoms with E-state index in [9.17, 15) is 0 Å². The first-order valence-corrected chi connectivity index (χ1v) is 6.36. The Balaban J connectivity index is 1.76. The van der Waals surface area contributed by atoms with E-state index in [1.54, 1.807) is 0 Å². The highest BCUT2D eigenvalue weighted by molar-refractivity contribution is 14.1. The molecule has 12 heavy (non-hydrogen) atoms. The van der Waals surface area contributed by atoms with Crippen LogP contribution in [0.15, 0.2) is 0 Å². The third kappa shape index (κ3) is 2.34. The Labute approximate surface area is 89.0 Å². The van der Waals surface area contributed by atoms with E-state index in [4.69, 9.17) is 0 Å². The van der Waals surface area contributed by atoms with Crippen LogP contribution in [0.5, 0.6) is 0 Å². The van der Waals surface area contributed by atoms with Gasteiger partial charge in [0.25, 0.3) is 0 Å². The Kier molecular flexibility index (Phi) is 2.95. The number of hydrogen-bond acceptors (Lipinski definition) is 1. The van der Waals surface area contributed by atoms with Crippen molar-refractivity contribution in [1.29, 1.82) is 0 Å². The molecule has 2 aliphatic rings. The van der Waals surface area contributed by atoms with Crippen LogP contribution in [0, 0.1) is 11.8 Å². The van der Waals surface area contributed by atoms with Crippen molar-refractivity contribution in [2.75, 3.05) is 19.6 Å². The summed E-state index contributed by atoms with van der Waals surface area (Å²) in [5.41, 5.74) is 0. The summed E-state index contributed by atoms with van der Waals surface area (Å²) in [4.78, 5) is 2.68. The zero-order valence-corrected chi connectivity index (χ0v) is 9.96. The Morgan fingerprint density at radius 3 is 2.67 bits per heavy atom. The Morgan fingerprint density at radius 2 is 2.08 bits per heavy atom. The summed E-state index contributed by atoms with van der Waals surface area (Å²) in [6.07, 6.45) is 4.41. The van der Waals surface area contributed by atoms with Crippen LogP contribution in [0.3, 0.4) is 0 Å². The Bertz CT molecular complexity index is 156. The Hall–Kier alpha value is 0.690. The zero-order chi connectivity index (χ0) is 8.55. The van der Waals surface area contributed by atoms with Crippen LogP contribution in [0.25, 0.3) is 0 Å². The molecule has 2 heteroatoms. The van der Waals surface area contributed by atoms with Crippen LogP contribution in [0.4, 0.5) is 0 Å². The topological polar surface area (TPSA) is 3.24 Å². The predicted octanol–water partition coefficient (Wildman–Crippen LogP) is 2.54. The molecule has 0 aromatic rings. The van der Waals surface area contributed by atoms with Gasteiger partial charge in [0, 0.05) is 17.0 Å². The predicted molar refractivity (Wildman–Crippen MR) is 60.8 cm³/mol. The van der Waals surface area contributed by atoms with Crippen LogP contribution in [0.2, 0.25) is 0 Å². The van der Waals surface area contributed by atoms with E-state index in [1.807, 2.05) is 0 Å². The summed E-state index contributed by atoms with van der Waals surface area (Å²) < 4.78 is 0.898. The second kappa shape index (κ2) is 3.82. The van der Waals surface area contributed by atoms with E-state index >= 15 is 0 Å². The largest absolute Gasteiger partial charge is 0.302 e. The highest BCUT2D eigenvalue weighted by Gasteiger charge is 2.29. The van der Waals surface area contributed by atoms with E-state index < -0.39 is 0 Å². The fourth-order valence-corrected chi connectivity index (χ4v) is 2.83. The van der Waals surface area contributed by atoms with Gasteiger partial charge in [-0.1, -0.05) is 29.5 Å². The molecule has 1 aliphatic heterocycles. The lowest BCUT2D eigenvalue weighted by molar-refractivity contribution is 0.197. The second-order valence-electron chi connectivity index (χ2n) is 4.48.